The highest BCUT2D eigenvalue weighted by molar-refractivity contribution is 7.17. The van der Waals surface area contributed by atoms with E-state index in [1.807, 2.05) is 31.3 Å². The van der Waals surface area contributed by atoms with Crippen molar-refractivity contribution in [2.24, 2.45) is 7.05 Å². The van der Waals surface area contributed by atoms with Crippen LogP contribution in [0.2, 0.25) is 0 Å². The average Bonchev–Trinajstić information content (AvgIpc) is 3.33. The molecule has 2 aromatic carbocycles. The van der Waals surface area contributed by atoms with Crippen LogP contribution < -0.4 is 5.32 Å². The van der Waals surface area contributed by atoms with E-state index in [4.69, 9.17) is 16.3 Å². The number of fused-ring (bicyclic) bond motifs is 2. The molecule has 0 aliphatic heterocycles. The van der Waals surface area contributed by atoms with Gasteiger partial charge in [0.25, 0.3) is 5.91 Å². The van der Waals surface area contributed by atoms with Gasteiger partial charge in [-0.15, -0.1) is 22.9 Å². The molecule has 2 heterocycles. The Morgan fingerprint density at radius 1 is 1.19 bits per heavy atom. The van der Waals surface area contributed by atoms with Crippen LogP contribution >= 0.6 is 22.9 Å². The van der Waals surface area contributed by atoms with Crippen LogP contribution in [-0.2, 0) is 16.6 Å². The summed E-state index contributed by atoms with van der Waals surface area (Å²) in [4.78, 5) is 24.3. The number of nitrogens with one attached hydrogen (secondary N) is 1. The highest BCUT2D eigenvalue weighted by Gasteiger charge is 2.26. The molecule has 0 bridgehead atoms. The summed E-state index contributed by atoms with van der Waals surface area (Å²) in [6.07, 6.45) is 0. The molecule has 0 saturated heterocycles. The molecular weight excluding hydrogens is 434 g/mol. The number of esters is 1. The Morgan fingerprint density at radius 3 is 2.74 bits per heavy atom. The van der Waals surface area contributed by atoms with Crippen molar-refractivity contribution in [2.75, 3.05) is 12.5 Å². The number of rotatable bonds is 6. The Labute approximate surface area is 188 Å². The second kappa shape index (κ2) is 8.32. The second-order valence-electron chi connectivity index (χ2n) is 7.98. The maximum absolute atomic E-state index is 12.9. The quantitative estimate of drug-likeness (QED) is 0.336. The molecule has 0 unspecified atom stereocenters. The van der Waals surface area contributed by atoms with Crippen molar-refractivity contribution in [3.63, 3.8) is 0 Å². The van der Waals surface area contributed by atoms with Crippen molar-refractivity contribution >= 4 is 55.8 Å². The van der Waals surface area contributed by atoms with Crippen LogP contribution in [0.4, 0.5) is 0 Å². The number of alkyl halides is 1. The molecule has 8 heteroatoms. The van der Waals surface area contributed by atoms with Gasteiger partial charge in [0.05, 0.1) is 11.1 Å². The smallest absolute Gasteiger partial charge is 0.320 e. The van der Waals surface area contributed by atoms with Gasteiger partial charge in [-0.05, 0) is 43.0 Å². The predicted molar refractivity (Wildman–Crippen MR) is 125 cm³/mol. The molecule has 4 rings (SSSR count). The standard InChI is InChI=1S/C23H22ClN3O3S/c1-23(2,13-30-20(28)11-24)25-22(29)21-16-9-8-14(10-18(16)27(3)26-21)17-12-31-19-7-5-4-6-15(17)19/h4-10,12H,11,13H2,1-3H3,(H,25,29). The molecule has 0 saturated carbocycles. The zero-order valence-electron chi connectivity index (χ0n) is 17.4. The number of carbonyl (C=O) groups is 2. The maximum atomic E-state index is 12.9. The predicted octanol–water partition coefficient (Wildman–Crippen LogP) is 4.75. The van der Waals surface area contributed by atoms with Crippen molar-refractivity contribution in [1.29, 1.82) is 0 Å². The normalized spacial score (nSPS) is 11.7. The van der Waals surface area contributed by atoms with E-state index in [1.165, 1.54) is 10.1 Å². The van der Waals surface area contributed by atoms with E-state index in [1.54, 1.807) is 29.9 Å². The summed E-state index contributed by atoms with van der Waals surface area (Å²) in [6, 6.07) is 14.3. The van der Waals surface area contributed by atoms with E-state index in [9.17, 15) is 9.59 Å². The molecule has 1 N–H and O–H groups in total. The molecule has 0 aliphatic rings. The molecule has 0 spiro atoms. The number of halogens is 1. The minimum atomic E-state index is -0.766. The maximum Gasteiger partial charge on any atom is 0.320 e. The van der Waals surface area contributed by atoms with Gasteiger partial charge in [-0.1, -0.05) is 24.3 Å². The van der Waals surface area contributed by atoms with E-state index in [0.29, 0.717) is 5.69 Å². The van der Waals surface area contributed by atoms with E-state index in [2.05, 4.69) is 34.0 Å². The SMILES string of the molecule is Cn1nc(C(=O)NC(C)(C)COC(=O)CCl)c2ccc(-c3csc4ccccc34)cc21. The summed E-state index contributed by atoms with van der Waals surface area (Å²) in [5.74, 6) is -1.08. The van der Waals surface area contributed by atoms with Crippen molar-refractivity contribution in [2.45, 2.75) is 19.4 Å². The van der Waals surface area contributed by atoms with Crippen LogP contribution in [0, 0.1) is 0 Å². The fourth-order valence-electron chi connectivity index (χ4n) is 3.50. The first kappa shape index (κ1) is 21.3. The third-order valence-corrected chi connectivity index (χ3v) is 6.20. The lowest BCUT2D eigenvalue weighted by molar-refractivity contribution is -0.142. The van der Waals surface area contributed by atoms with Gasteiger partial charge in [0.1, 0.15) is 12.5 Å². The fourth-order valence-corrected chi connectivity index (χ4v) is 4.54. The first-order valence-electron chi connectivity index (χ1n) is 9.76. The van der Waals surface area contributed by atoms with Crippen molar-refractivity contribution in [1.82, 2.24) is 15.1 Å². The molecular formula is C23H22ClN3O3S. The number of aryl methyl sites for hydroxylation is 1. The highest BCUT2D eigenvalue weighted by atomic mass is 35.5. The zero-order valence-corrected chi connectivity index (χ0v) is 19.0. The molecule has 1 amide bonds. The van der Waals surface area contributed by atoms with Crippen LogP contribution in [0.25, 0.3) is 32.1 Å². The number of amides is 1. The van der Waals surface area contributed by atoms with Crippen LogP contribution in [0.5, 0.6) is 0 Å². The van der Waals surface area contributed by atoms with Crippen molar-refractivity contribution in [3.8, 4) is 11.1 Å². The van der Waals surface area contributed by atoms with Gasteiger partial charge in [-0.3, -0.25) is 14.3 Å². The van der Waals surface area contributed by atoms with Gasteiger partial charge < -0.3 is 10.1 Å². The molecule has 0 atom stereocenters. The summed E-state index contributed by atoms with van der Waals surface area (Å²) >= 11 is 7.17. The summed E-state index contributed by atoms with van der Waals surface area (Å²) in [7, 11) is 1.82. The highest BCUT2D eigenvalue weighted by Crippen LogP contribution is 2.35. The Hall–Kier alpha value is -2.90. The number of aromatic nitrogens is 2. The minimum absolute atomic E-state index is 0.0183. The molecule has 0 radical (unpaired) electrons. The number of nitrogens with zero attached hydrogens (tertiary/aromatic N) is 2. The zero-order chi connectivity index (χ0) is 22.2. The first-order valence-corrected chi connectivity index (χ1v) is 11.2. The van der Waals surface area contributed by atoms with Gasteiger partial charge in [-0.25, -0.2) is 0 Å². The summed E-state index contributed by atoms with van der Waals surface area (Å²) in [5, 5.41) is 11.5. The topological polar surface area (TPSA) is 73.2 Å². The van der Waals surface area contributed by atoms with E-state index in [0.717, 1.165) is 22.0 Å². The number of hydrogen-bond donors (Lipinski definition) is 1. The lowest BCUT2D eigenvalue weighted by Crippen LogP contribution is -2.47. The van der Waals surface area contributed by atoms with Crippen LogP contribution in [-0.4, -0.2) is 39.7 Å². The number of carbonyl (C=O) groups excluding carboxylic acids is 2. The number of hydrogen-bond acceptors (Lipinski definition) is 5. The lowest BCUT2D eigenvalue weighted by Gasteiger charge is -2.25. The molecule has 4 aromatic rings. The van der Waals surface area contributed by atoms with Gasteiger partial charge in [0.2, 0.25) is 0 Å². The first-order chi connectivity index (χ1) is 14.8. The third-order valence-electron chi connectivity index (χ3n) is 5.01. The largest absolute Gasteiger partial charge is 0.462 e. The van der Waals surface area contributed by atoms with Crippen molar-refractivity contribution in [3.05, 3.63) is 53.5 Å². The van der Waals surface area contributed by atoms with E-state index >= 15 is 0 Å². The number of benzene rings is 2. The molecule has 6 nitrogen and oxygen atoms in total. The summed E-state index contributed by atoms with van der Waals surface area (Å²) in [6.45, 7) is 3.57. The Bertz CT molecular complexity index is 1290. The summed E-state index contributed by atoms with van der Waals surface area (Å²) < 4.78 is 8.01. The van der Waals surface area contributed by atoms with Crippen LogP contribution in [0.15, 0.2) is 47.8 Å². The minimum Gasteiger partial charge on any atom is -0.462 e. The Kier molecular flexibility index (Phi) is 5.73. The van der Waals surface area contributed by atoms with Gasteiger partial charge >= 0.3 is 5.97 Å². The van der Waals surface area contributed by atoms with Gasteiger partial charge in [0, 0.05) is 28.1 Å². The Balaban J connectivity index is 1.63. The molecule has 2 aromatic heterocycles. The Morgan fingerprint density at radius 2 is 1.97 bits per heavy atom. The van der Waals surface area contributed by atoms with Crippen LogP contribution in [0.3, 0.4) is 0 Å². The molecule has 0 fully saturated rings. The number of thiophene rings is 1. The molecule has 160 valence electrons. The summed E-state index contributed by atoms with van der Waals surface area (Å²) in [5.41, 5.74) is 2.67. The molecule has 31 heavy (non-hydrogen) atoms. The second-order valence-corrected chi connectivity index (χ2v) is 9.16. The molecule has 0 aliphatic carbocycles. The number of ether oxygens (including phenoxy) is 1. The monoisotopic (exact) mass is 455 g/mol. The van der Waals surface area contributed by atoms with Crippen LogP contribution in [0.1, 0.15) is 24.3 Å². The lowest BCUT2D eigenvalue weighted by atomic mass is 10.0. The third kappa shape index (κ3) is 4.29. The fraction of sp³-hybridized carbons (Fsp3) is 0.261. The van der Waals surface area contributed by atoms with E-state index in [-0.39, 0.29) is 18.4 Å². The van der Waals surface area contributed by atoms with E-state index < -0.39 is 11.5 Å². The van der Waals surface area contributed by atoms with Crippen molar-refractivity contribution < 1.29 is 14.3 Å². The van der Waals surface area contributed by atoms with Gasteiger partial charge in [-0.2, -0.15) is 5.10 Å². The average molecular weight is 456 g/mol. The van der Waals surface area contributed by atoms with Gasteiger partial charge in [0.15, 0.2) is 5.69 Å².